The zero-order valence-corrected chi connectivity index (χ0v) is 29.7. The van der Waals surface area contributed by atoms with Crippen molar-refractivity contribution in [1.82, 2.24) is 0 Å². The van der Waals surface area contributed by atoms with E-state index in [1.807, 2.05) is 0 Å². The first kappa shape index (κ1) is 30.6. The molecule has 0 heterocycles. The van der Waals surface area contributed by atoms with Crippen LogP contribution in [0.4, 0.5) is 17.1 Å². The topological polar surface area (TPSA) is 3.24 Å². The first-order chi connectivity index (χ1) is 24.3. The molecule has 9 rings (SSSR count). The molecule has 0 fully saturated rings. The second-order valence-corrected chi connectivity index (χ2v) is 15.1. The highest BCUT2D eigenvalue weighted by molar-refractivity contribution is 5.90. The lowest BCUT2D eigenvalue weighted by atomic mass is 9.67. The van der Waals surface area contributed by atoms with E-state index in [0.717, 1.165) is 6.42 Å². The van der Waals surface area contributed by atoms with E-state index >= 15 is 0 Å². The molecule has 0 N–H and O–H groups in total. The van der Waals surface area contributed by atoms with Crippen LogP contribution in [0.3, 0.4) is 0 Å². The Morgan fingerprint density at radius 2 is 1.10 bits per heavy atom. The van der Waals surface area contributed by atoms with Crippen molar-refractivity contribution in [2.45, 2.75) is 57.8 Å². The number of aryl methyl sites for hydroxylation is 2. The summed E-state index contributed by atoms with van der Waals surface area (Å²) in [6.45, 7) is 11.6. The number of nitrogens with zero attached hydrogens (tertiary/aromatic N) is 1. The molecule has 6 aromatic carbocycles. The molecule has 1 heteroatoms. The van der Waals surface area contributed by atoms with Crippen LogP contribution < -0.4 is 4.90 Å². The highest BCUT2D eigenvalue weighted by Crippen LogP contribution is 2.58. The maximum Gasteiger partial charge on any atom is 0.0519 e. The Balaban J connectivity index is 1.31. The Morgan fingerprint density at radius 3 is 1.82 bits per heavy atom. The van der Waals surface area contributed by atoms with Crippen molar-refractivity contribution in [1.29, 1.82) is 0 Å². The van der Waals surface area contributed by atoms with E-state index in [-0.39, 0.29) is 10.8 Å². The van der Waals surface area contributed by atoms with Gasteiger partial charge in [0.25, 0.3) is 0 Å². The number of fused-ring (bicyclic) bond motifs is 10. The zero-order chi connectivity index (χ0) is 34.2. The Morgan fingerprint density at radius 1 is 0.540 bits per heavy atom. The molecule has 0 bridgehead atoms. The zero-order valence-electron chi connectivity index (χ0n) is 29.7. The summed E-state index contributed by atoms with van der Waals surface area (Å²) in [5.74, 6) is 0.301. The number of anilines is 3. The molecular formula is C49H43N. The molecule has 3 aliphatic carbocycles. The summed E-state index contributed by atoms with van der Waals surface area (Å²) in [7, 11) is 0. The van der Waals surface area contributed by atoms with Gasteiger partial charge < -0.3 is 4.90 Å². The molecule has 0 amide bonds. The van der Waals surface area contributed by atoms with Crippen LogP contribution in [0, 0.1) is 13.8 Å². The Bertz CT molecular complexity index is 2370. The van der Waals surface area contributed by atoms with Gasteiger partial charge in [-0.25, -0.2) is 0 Å². The van der Waals surface area contributed by atoms with E-state index in [2.05, 4.69) is 191 Å². The van der Waals surface area contributed by atoms with Gasteiger partial charge in [0.1, 0.15) is 0 Å². The normalized spacial score (nSPS) is 20.4. The van der Waals surface area contributed by atoms with E-state index in [1.165, 1.54) is 83.8 Å². The molecule has 2 atom stereocenters. The van der Waals surface area contributed by atoms with E-state index in [9.17, 15) is 0 Å². The molecule has 50 heavy (non-hydrogen) atoms. The van der Waals surface area contributed by atoms with Gasteiger partial charge >= 0.3 is 0 Å². The average molecular weight is 646 g/mol. The minimum absolute atomic E-state index is 0.0871. The van der Waals surface area contributed by atoms with Crippen molar-refractivity contribution in [3.8, 4) is 22.3 Å². The second-order valence-electron chi connectivity index (χ2n) is 15.1. The monoisotopic (exact) mass is 645 g/mol. The molecule has 244 valence electrons. The molecule has 6 aromatic rings. The molecule has 0 radical (unpaired) electrons. The fraction of sp³-hybridized carbons (Fsp3) is 0.184. The van der Waals surface area contributed by atoms with Crippen LogP contribution in [0.25, 0.3) is 22.3 Å². The van der Waals surface area contributed by atoms with Gasteiger partial charge in [0.05, 0.1) is 11.1 Å². The Kier molecular flexibility index (Phi) is 6.94. The van der Waals surface area contributed by atoms with Gasteiger partial charge in [-0.15, -0.1) is 0 Å². The number of hydrogen-bond acceptors (Lipinski definition) is 1. The maximum absolute atomic E-state index is 2.53. The third-order valence-electron chi connectivity index (χ3n) is 11.9. The van der Waals surface area contributed by atoms with Crippen LogP contribution in [-0.2, 0) is 10.8 Å². The first-order valence-corrected chi connectivity index (χ1v) is 18.1. The lowest BCUT2D eigenvalue weighted by Gasteiger charge is -2.36. The molecule has 1 spiro atoms. The minimum Gasteiger partial charge on any atom is -0.310 e. The fourth-order valence-corrected chi connectivity index (χ4v) is 9.45. The molecule has 0 saturated heterocycles. The predicted octanol–water partition coefficient (Wildman–Crippen LogP) is 13.0. The van der Waals surface area contributed by atoms with Crippen LogP contribution in [0.5, 0.6) is 0 Å². The molecule has 0 aliphatic heterocycles. The summed E-state index contributed by atoms with van der Waals surface area (Å²) < 4.78 is 0. The molecule has 0 saturated carbocycles. The van der Waals surface area contributed by atoms with Gasteiger partial charge in [-0.3, -0.25) is 0 Å². The van der Waals surface area contributed by atoms with E-state index in [0.29, 0.717) is 5.92 Å². The van der Waals surface area contributed by atoms with Crippen LogP contribution >= 0.6 is 0 Å². The lowest BCUT2D eigenvalue weighted by molar-refractivity contribution is 0.634. The summed E-state index contributed by atoms with van der Waals surface area (Å²) in [5.41, 5.74) is 19.5. The third kappa shape index (κ3) is 4.32. The van der Waals surface area contributed by atoms with Crippen molar-refractivity contribution in [3.63, 3.8) is 0 Å². The Labute approximate surface area is 297 Å². The smallest absolute Gasteiger partial charge is 0.0519 e. The van der Waals surface area contributed by atoms with Crippen molar-refractivity contribution in [2.24, 2.45) is 0 Å². The quantitative estimate of drug-likeness (QED) is 0.185. The SMILES string of the molecule is Cc1cccc(C)c1N(c1ccc2c(c1)C(C)(C)c1ccccc1-2)c1ccc2c(c1)C1(C/C=C\C=C/C(C)c3ccccc31)c1ccccc1-2. The van der Waals surface area contributed by atoms with Crippen LogP contribution in [0.2, 0.25) is 0 Å². The molecule has 0 aromatic heterocycles. The number of hydrogen-bond donors (Lipinski definition) is 0. The van der Waals surface area contributed by atoms with Gasteiger partial charge in [0.15, 0.2) is 0 Å². The largest absolute Gasteiger partial charge is 0.310 e. The maximum atomic E-state index is 2.53. The number of rotatable bonds is 3. The van der Waals surface area contributed by atoms with Crippen LogP contribution in [0.15, 0.2) is 152 Å². The Hall–Kier alpha value is -5.40. The minimum atomic E-state index is -0.316. The summed E-state index contributed by atoms with van der Waals surface area (Å²) >= 11 is 0. The van der Waals surface area contributed by atoms with Gasteiger partial charge in [-0.05, 0) is 117 Å². The molecule has 2 unspecified atom stereocenters. The summed E-state index contributed by atoms with van der Waals surface area (Å²) in [6.07, 6.45) is 10.1. The molecule has 3 aliphatic rings. The van der Waals surface area contributed by atoms with E-state index < -0.39 is 0 Å². The van der Waals surface area contributed by atoms with Gasteiger partial charge in [-0.2, -0.15) is 0 Å². The van der Waals surface area contributed by atoms with Crippen molar-refractivity contribution >= 4 is 17.1 Å². The molecular weight excluding hydrogens is 603 g/mol. The van der Waals surface area contributed by atoms with E-state index in [4.69, 9.17) is 0 Å². The van der Waals surface area contributed by atoms with Gasteiger partial charge in [0.2, 0.25) is 0 Å². The van der Waals surface area contributed by atoms with Gasteiger partial charge in [-0.1, -0.05) is 148 Å². The average Bonchev–Trinajstić information content (AvgIpc) is 3.57. The second kappa shape index (κ2) is 11.3. The number of para-hydroxylation sites is 1. The summed E-state index contributed by atoms with van der Waals surface area (Å²) in [4.78, 5) is 2.53. The lowest BCUT2D eigenvalue weighted by Crippen LogP contribution is -2.28. The van der Waals surface area contributed by atoms with Crippen molar-refractivity contribution in [3.05, 3.63) is 196 Å². The predicted molar refractivity (Wildman–Crippen MR) is 211 cm³/mol. The van der Waals surface area contributed by atoms with Crippen molar-refractivity contribution in [2.75, 3.05) is 4.90 Å². The summed E-state index contributed by atoms with van der Waals surface area (Å²) in [5, 5.41) is 0. The van der Waals surface area contributed by atoms with Crippen LogP contribution in [-0.4, -0.2) is 0 Å². The first-order valence-electron chi connectivity index (χ1n) is 18.1. The van der Waals surface area contributed by atoms with Gasteiger partial charge in [0, 0.05) is 16.8 Å². The standard InChI is InChI=1S/C49H43N/c1-32-16-7-6-14-29-49(43-23-12-8-19-37(32)43)44-24-13-10-21-39(44)41-28-26-36(31-46(41)49)50(47-33(2)17-15-18-34(47)3)35-25-27-40-38-20-9-11-22-42(38)48(4,5)45(40)30-35/h6-28,30-32H,29H2,1-5H3/b14-6-,16-7-. The van der Waals surface area contributed by atoms with Crippen LogP contribution in [0.1, 0.15) is 77.6 Å². The number of allylic oxidation sites excluding steroid dienone is 4. The highest BCUT2D eigenvalue weighted by Gasteiger charge is 2.46. The fourth-order valence-electron chi connectivity index (χ4n) is 9.45. The van der Waals surface area contributed by atoms with Crippen molar-refractivity contribution < 1.29 is 0 Å². The molecule has 1 nitrogen and oxygen atoms in total. The summed E-state index contributed by atoms with van der Waals surface area (Å²) in [6, 6.07) is 48.3. The third-order valence-corrected chi connectivity index (χ3v) is 11.9. The number of benzene rings is 6. The highest BCUT2D eigenvalue weighted by atomic mass is 15.1. The van der Waals surface area contributed by atoms with E-state index in [1.54, 1.807) is 0 Å².